The van der Waals surface area contributed by atoms with Crippen molar-refractivity contribution in [1.82, 2.24) is 0 Å². The van der Waals surface area contributed by atoms with Crippen molar-refractivity contribution in [2.24, 2.45) is 11.8 Å². The van der Waals surface area contributed by atoms with E-state index in [1.165, 1.54) is 18.2 Å². The molecule has 0 bridgehead atoms. The molecule has 3 nitrogen and oxygen atoms in total. The molecule has 0 aromatic heterocycles. The molecule has 0 fully saturated rings. The van der Waals surface area contributed by atoms with Crippen LogP contribution in [0.3, 0.4) is 0 Å². The summed E-state index contributed by atoms with van der Waals surface area (Å²) in [6, 6.07) is 5.03. The molecule has 1 unspecified atom stereocenters. The van der Waals surface area contributed by atoms with Crippen LogP contribution in [0.4, 0.5) is 18.9 Å². The van der Waals surface area contributed by atoms with Crippen LogP contribution in [0.25, 0.3) is 0 Å². The lowest BCUT2D eigenvalue weighted by atomic mass is 9.96. The Morgan fingerprint density at radius 2 is 1.89 bits per heavy atom. The van der Waals surface area contributed by atoms with E-state index in [0.717, 1.165) is 6.07 Å². The normalized spacial score (nSPS) is 13.4. The van der Waals surface area contributed by atoms with Crippen LogP contribution < -0.4 is 5.32 Å². The molecule has 2 N–H and O–H groups in total. The van der Waals surface area contributed by atoms with Gasteiger partial charge in [-0.25, -0.2) is 0 Å². The summed E-state index contributed by atoms with van der Waals surface area (Å²) in [5, 5.41) is 11.6. The number of rotatable bonds is 5. The van der Waals surface area contributed by atoms with Gasteiger partial charge < -0.3 is 10.4 Å². The number of anilines is 1. The Labute approximate surface area is 109 Å². The second-order valence-electron chi connectivity index (χ2n) is 4.61. The highest BCUT2D eigenvalue weighted by Crippen LogP contribution is 2.34. The lowest BCUT2D eigenvalue weighted by Crippen LogP contribution is -2.28. The van der Waals surface area contributed by atoms with Crippen molar-refractivity contribution in [2.75, 3.05) is 11.9 Å². The lowest BCUT2D eigenvalue weighted by Gasteiger charge is -2.19. The molecule has 1 aromatic carbocycles. The van der Waals surface area contributed by atoms with E-state index in [9.17, 15) is 18.0 Å². The summed E-state index contributed by atoms with van der Waals surface area (Å²) in [5.74, 6) is -1.92. The van der Waals surface area contributed by atoms with Crippen molar-refractivity contribution < 1.29 is 23.1 Å². The van der Waals surface area contributed by atoms with Gasteiger partial charge in [-0.15, -0.1) is 0 Å². The summed E-state index contributed by atoms with van der Waals surface area (Å²) in [6.07, 6.45) is -4.46. The van der Waals surface area contributed by atoms with Crippen molar-refractivity contribution in [3.05, 3.63) is 29.8 Å². The zero-order valence-corrected chi connectivity index (χ0v) is 10.7. The van der Waals surface area contributed by atoms with E-state index >= 15 is 0 Å². The van der Waals surface area contributed by atoms with Crippen molar-refractivity contribution in [1.29, 1.82) is 0 Å². The highest BCUT2D eigenvalue weighted by atomic mass is 19.4. The number of halogens is 3. The SMILES string of the molecule is CC(C)C(CNc1ccccc1C(F)(F)F)C(=O)O. The van der Waals surface area contributed by atoms with Gasteiger partial charge in [-0.05, 0) is 18.1 Å². The number of alkyl halides is 3. The van der Waals surface area contributed by atoms with Gasteiger partial charge in [-0.2, -0.15) is 13.2 Å². The van der Waals surface area contributed by atoms with Crippen LogP contribution in [-0.4, -0.2) is 17.6 Å². The Kier molecular flexibility index (Phi) is 4.80. The zero-order chi connectivity index (χ0) is 14.6. The number of carboxylic acids is 1. The van der Waals surface area contributed by atoms with Gasteiger partial charge in [0.2, 0.25) is 0 Å². The number of hydrogen-bond donors (Lipinski definition) is 2. The molecular formula is C13H16F3NO2. The van der Waals surface area contributed by atoms with Gasteiger partial charge in [0.05, 0.1) is 11.5 Å². The van der Waals surface area contributed by atoms with E-state index in [1.54, 1.807) is 13.8 Å². The van der Waals surface area contributed by atoms with Crippen LogP contribution in [-0.2, 0) is 11.0 Å². The Morgan fingerprint density at radius 1 is 1.32 bits per heavy atom. The van der Waals surface area contributed by atoms with Crippen molar-refractivity contribution in [3.8, 4) is 0 Å². The molecule has 0 aliphatic heterocycles. The third-order valence-corrected chi connectivity index (χ3v) is 2.87. The molecule has 0 heterocycles. The molecular weight excluding hydrogens is 259 g/mol. The first-order valence-corrected chi connectivity index (χ1v) is 5.86. The highest BCUT2D eigenvalue weighted by Gasteiger charge is 2.33. The minimum Gasteiger partial charge on any atom is -0.481 e. The predicted molar refractivity (Wildman–Crippen MR) is 65.9 cm³/mol. The Bertz CT molecular complexity index is 444. The molecule has 0 radical (unpaired) electrons. The molecule has 1 atom stereocenters. The molecule has 0 aliphatic rings. The van der Waals surface area contributed by atoms with Gasteiger partial charge in [0, 0.05) is 12.2 Å². The standard InChI is InChI=1S/C13H16F3NO2/c1-8(2)9(12(18)19)7-17-11-6-4-3-5-10(11)13(14,15)16/h3-6,8-9,17H,7H2,1-2H3,(H,18,19). The highest BCUT2D eigenvalue weighted by molar-refractivity contribution is 5.71. The molecule has 106 valence electrons. The average Bonchev–Trinajstić information content (AvgIpc) is 2.27. The van der Waals surface area contributed by atoms with Crippen molar-refractivity contribution in [2.45, 2.75) is 20.0 Å². The van der Waals surface area contributed by atoms with Gasteiger partial charge in [-0.1, -0.05) is 26.0 Å². The van der Waals surface area contributed by atoms with Gasteiger partial charge >= 0.3 is 12.1 Å². The van der Waals surface area contributed by atoms with E-state index < -0.39 is 23.6 Å². The van der Waals surface area contributed by atoms with Crippen LogP contribution in [0.1, 0.15) is 19.4 Å². The molecule has 0 aliphatic carbocycles. The second-order valence-corrected chi connectivity index (χ2v) is 4.61. The number of benzene rings is 1. The number of carboxylic acid groups (broad SMARTS) is 1. The minimum absolute atomic E-state index is 0.0416. The van der Waals surface area contributed by atoms with Gasteiger partial charge in [-0.3, -0.25) is 4.79 Å². The zero-order valence-electron chi connectivity index (χ0n) is 10.7. The quantitative estimate of drug-likeness (QED) is 0.865. The van der Waals surface area contributed by atoms with Crippen molar-refractivity contribution >= 4 is 11.7 Å². The van der Waals surface area contributed by atoms with Crippen LogP contribution in [0, 0.1) is 11.8 Å². The van der Waals surface area contributed by atoms with Crippen LogP contribution in [0.5, 0.6) is 0 Å². The van der Waals surface area contributed by atoms with Gasteiger partial charge in [0.1, 0.15) is 0 Å². The molecule has 1 aromatic rings. The third kappa shape index (κ3) is 4.15. The fourth-order valence-electron chi connectivity index (χ4n) is 1.71. The predicted octanol–water partition coefficient (Wildman–Crippen LogP) is 3.47. The lowest BCUT2D eigenvalue weighted by molar-refractivity contribution is -0.142. The topological polar surface area (TPSA) is 49.3 Å². The first-order valence-electron chi connectivity index (χ1n) is 5.86. The van der Waals surface area contributed by atoms with Crippen LogP contribution in [0.15, 0.2) is 24.3 Å². The Morgan fingerprint density at radius 3 is 2.37 bits per heavy atom. The maximum absolute atomic E-state index is 12.7. The van der Waals surface area contributed by atoms with Crippen LogP contribution >= 0.6 is 0 Å². The van der Waals surface area contributed by atoms with Gasteiger partial charge in [0.15, 0.2) is 0 Å². The smallest absolute Gasteiger partial charge is 0.418 e. The molecule has 1 rings (SSSR count). The molecule has 0 saturated carbocycles. The second kappa shape index (κ2) is 5.95. The molecule has 0 spiro atoms. The fraction of sp³-hybridized carbons (Fsp3) is 0.462. The molecule has 19 heavy (non-hydrogen) atoms. The van der Waals surface area contributed by atoms with E-state index in [4.69, 9.17) is 5.11 Å². The first kappa shape index (κ1) is 15.3. The number of para-hydroxylation sites is 1. The summed E-state index contributed by atoms with van der Waals surface area (Å²) in [6.45, 7) is 3.40. The number of aliphatic carboxylic acids is 1. The summed E-state index contributed by atoms with van der Waals surface area (Å²) in [4.78, 5) is 11.0. The number of nitrogens with one attached hydrogen (secondary N) is 1. The van der Waals surface area contributed by atoms with Crippen molar-refractivity contribution in [3.63, 3.8) is 0 Å². The molecule has 6 heteroatoms. The van der Waals surface area contributed by atoms with E-state index in [1.807, 2.05) is 0 Å². The van der Waals surface area contributed by atoms with Gasteiger partial charge in [0.25, 0.3) is 0 Å². The van der Waals surface area contributed by atoms with E-state index in [-0.39, 0.29) is 18.2 Å². The summed E-state index contributed by atoms with van der Waals surface area (Å²) in [7, 11) is 0. The maximum Gasteiger partial charge on any atom is 0.418 e. The first-order chi connectivity index (χ1) is 8.73. The Hall–Kier alpha value is -1.72. The van der Waals surface area contributed by atoms with E-state index in [0.29, 0.717) is 0 Å². The summed E-state index contributed by atoms with van der Waals surface area (Å²) in [5.41, 5.74) is -0.884. The number of hydrogen-bond acceptors (Lipinski definition) is 2. The maximum atomic E-state index is 12.7. The summed E-state index contributed by atoms with van der Waals surface area (Å²) < 4.78 is 38.2. The minimum atomic E-state index is -4.46. The number of carbonyl (C=O) groups is 1. The fourth-order valence-corrected chi connectivity index (χ4v) is 1.71. The van der Waals surface area contributed by atoms with E-state index in [2.05, 4.69) is 5.32 Å². The monoisotopic (exact) mass is 275 g/mol. The molecule has 0 amide bonds. The van der Waals surface area contributed by atoms with Crippen LogP contribution in [0.2, 0.25) is 0 Å². The molecule has 0 saturated heterocycles. The third-order valence-electron chi connectivity index (χ3n) is 2.87. The Balaban J connectivity index is 2.86. The average molecular weight is 275 g/mol. The summed E-state index contributed by atoms with van der Waals surface area (Å²) >= 11 is 0. The largest absolute Gasteiger partial charge is 0.481 e.